The maximum atomic E-state index is 13.7. The molecule has 0 radical (unpaired) electrons. The van der Waals surface area contributed by atoms with Gasteiger partial charge < -0.3 is 15.4 Å². The highest BCUT2D eigenvalue weighted by atomic mass is 79.9. The van der Waals surface area contributed by atoms with Gasteiger partial charge in [-0.15, -0.1) is 13.2 Å². The summed E-state index contributed by atoms with van der Waals surface area (Å²) in [6, 6.07) is 17.0. The van der Waals surface area contributed by atoms with E-state index < -0.39 is 27.0 Å². The van der Waals surface area contributed by atoms with Crippen molar-refractivity contribution in [2.75, 3.05) is 23.7 Å². The number of fused-ring (bicyclic) bond motifs is 1. The zero-order valence-corrected chi connectivity index (χ0v) is 25.1. The molecule has 0 amide bonds. The Morgan fingerprint density at radius 3 is 2.35 bits per heavy atom. The molecule has 1 saturated carbocycles. The summed E-state index contributed by atoms with van der Waals surface area (Å²) < 4.78 is 84.6. The molecular weight excluding hydrogens is 654 g/mol. The Labute approximate surface area is 254 Å². The van der Waals surface area contributed by atoms with Crippen LogP contribution in [0.2, 0.25) is 0 Å². The molecule has 8 nitrogen and oxygen atoms in total. The number of para-hydroxylation sites is 1. The van der Waals surface area contributed by atoms with Crippen molar-refractivity contribution in [1.82, 2.24) is 14.7 Å². The Hall–Kier alpha value is -3.49. The quantitative estimate of drug-likeness (QED) is 0.150. The van der Waals surface area contributed by atoms with Crippen molar-refractivity contribution in [3.63, 3.8) is 0 Å². The van der Waals surface area contributed by atoms with Crippen LogP contribution in [0.3, 0.4) is 0 Å². The van der Waals surface area contributed by atoms with Gasteiger partial charge in [0.1, 0.15) is 16.5 Å². The van der Waals surface area contributed by atoms with Gasteiger partial charge in [-0.25, -0.2) is 22.5 Å². The number of hydrogen-bond donors (Lipinski definition) is 3. The van der Waals surface area contributed by atoms with E-state index in [4.69, 9.17) is 0 Å². The normalized spacial score (nSPS) is 17.5. The van der Waals surface area contributed by atoms with Crippen molar-refractivity contribution >= 4 is 54.3 Å². The largest absolute Gasteiger partial charge is 0.573 e. The van der Waals surface area contributed by atoms with Crippen LogP contribution in [0.5, 0.6) is 5.75 Å². The first kappa shape index (κ1) is 31.0. The number of nitrogens with zero attached hydrogens (tertiary/aromatic N) is 2. The average Bonchev–Trinajstić information content (AvgIpc) is 2.95. The molecule has 1 heterocycles. The van der Waals surface area contributed by atoms with Gasteiger partial charge in [-0.3, -0.25) is 0 Å². The van der Waals surface area contributed by atoms with Gasteiger partial charge >= 0.3 is 6.36 Å². The predicted molar refractivity (Wildman–Crippen MR) is 159 cm³/mol. The monoisotopic (exact) mass is 681 g/mol. The Bertz CT molecular complexity index is 1700. The zero-order chi connectivity index (χ0) is 30.6. The van der Waals surface area contributed by atoms with Gasteiger partial charge in [0, 0.05) is 28.6 Å². The second kappa shape index (κ2) is 13.0. The lowest BCUT2D eigenvalue weighted by molar-refractivity contribution is -0.275. The van der Waals surface area contributed by atoms with Crippen LogP contribution in [0.4, 0.5) is 35.0 Å². The van der Waals surface area contributed by atoms with E-state index in [0.717, 1.165) is 48.7 Å². The number of sulfonamides is 1. The van der Waals surface area contributed by atoms with Crippen LogP contribution >= 0.6 is 15.9 Å². The minimum absolute atomic E-state index is 0.0347. The fourth-order valence-corrected chi connectivity index (χ4v) is 6.61. The Morgan fingerprint density at radius 1 is 0.907 bits per heavy atom. The van der Waals surface area contributed by atoms with Crippen LogP contribution in [-0.4, -0.2) is 37.8 Å². The van der Waals surface area contributed by atoms with Crippen molar-refractivity contribution in [3.05, 3.63) is 77.0 Å². The number of benzene rings is 3. The molecule has 3 N–H and O–H groups in total. The van der Waals surface area contributed by atoms with E-state index in [-0.39, 0.29) is 22.8 Å². The molecule has 1 fully saturated rings. The van der Waals surface area contributed by atoms with Crippen LogP contribution in [0.25, 0.3) is 10.9 Å². The second-order valence-corrected chi connectivity index (χ2v) is 13.0. The van der Waals surface area contributed by atoms with Gasteiger partial charge in [0.15, 0.2) is 5.75 Å². The van der Waals surface area contributed by atoms with Crippen molar-refractivity contribution < 1.29 is 30.7 Å². The predicted octanol–water partition coefficient (Wildman–Crippen LogP) is 7.37. The Kier molecular flexibility index (Phi) is 9.37. The molecule has 1 aromatic heterocycles. The van der Waals surface area contributed by atoms with Gasteiger partial charge in [-0.05, 0) is 86.1 Å². The molecule has 0 spiro atoms. The van der Waals surface area contributed by atoms with E-state index in [1.54, 1.807) is 12.1 Å². The molecule has 0 aliphatic heterocycles. The number of anilines is 3. The van der Waals surface area contributed by atoms with Crippen molar-refractivity contribution in [2.45, 2.75) is 36.9 Å². The third-order valence-electron chi connectivity index (χ3n) is 7.19. The first-order valence-corrected chi connectivity index (χ1v) is 15.8. The fraction of sp³-hybridized carbons (Fsp3) is 0.310. The third kappa shape index (κ3) is 8.33. The van der Waals surface area contributed by atoms with Crippen LogP contribution in [0.1, 0.15) is 25.7 Å². The van der Waals surface area contributed by atoms with Crippen LogP contribution in [0, 0.1) is 17.7 Å². The maximum Gasteiger partial charge on any atom is 0.573 e. The fourth-order valence-electron chi connectivity index (χ4n) is 5.04. The molecule has 0 unspecified atom stereocenters. The van der Waals surface area contributed by atoms with Crippen LogP contribution in [0.15, 0.2) is 76.1 Å². The molecule has 14 heteroatoms. The molecule has 5 rings (SSSR count). The zero-order valence-electron chi connectivity index (χ0n) is 22.7. The maximum absolute atomic E-state index is 13.7. The number of ether oxygens (including phenoxy) is 1. The second-order valence-electron chi connectivity index (χ2n) is 10.3. The summed E-state index contributed by atoms with van der Waals surface area (Å²) >= 11 is 3.04. The number of halogens is 5. The summed E-state index contributed by atoms with van der Waals surface area (Å²) in [7, 11) is -4.24. The van der Waals surface area contributed by atoms with Crippen LogP contribution < -0.4 is 20.1 Å². The highest BCUT2D eigenvalue weighted by molar-refractivity contribution is 9.10. The van der Waals surface area contributed by atoms with E-state index in [2.05, 4.69) is 46.0 Å². The molecule has 1 aliphatic rings. The smallest absolute Gasteiger partial charge is 0.404 e. The summed E-state index contributed by atoms with van der Waals surface area (Å²) in [5, 5.41) is 7.27. The first-order valence-electron chi connectivity index (χ1n) is 13.5. The third-order valence-corrected chi connectivity index (χ3v) is 9.15. The van der Waals surface area contributed by atoms with Gasteiger partial charge in [-0.1, -0.05) is 34.1 Å². The van der Waals surface area contributed by atoms with Crippen molar-refractivity contribution in [2.24, 2.45) is 11.8 Å². The minimum Gasteiger partial charge on any atom is -0.404 e. The summed E-state index contributed by atoms with van der Waals surface area (Å²) in [5.41, 5.74) is 1.29. The lowest BCUT2D eigenvalue weighted by Crippen LogP contribution is -2.33. The summed E-state index contributed by atoms with van der Waals surface area (Å²) in [4.78, 5) is 8.67. The van der Waals surface area contributed by atoms with Gasteiger partial charge in [0.05, 0.1) is 5.52 Å². The summed E-state index contributed by atoms with van der Waals surface area (Å²) in [6.45, 7) is 0.708. The highest BCUT2D eigenvalue weighted by Crippen LogP contribution is 2.33. The standard InChI is InChI=1S/C29H28BrF4N5O3S/c30-20-12-13-26(25(14-20)42-29(32,33)34)43(40,41)36-17-19-10-8-18(9-11-19)16-35-28-38-24-7-2-1-6-23(24)27(39-28)37-22-5-3-4-21(31)15-22/h1-7,12-15,18-19,36H,8-11,16-17H2,(H2,35,37,38,39). The molecule has 4 aromatic rings. The topological polar surface area (TPSA) is 105 Å². The lowest BCUT2D eigenvalue weighted by Gasteiger charge is -2.28. The SMILES string of the molecule is O=S(=O)(NCC1CCC(CNc2nc(Nc3cccc(F)c3)c3ccccc3n2)CC1)c1ccc(Br)cc1OC(F)(F)F. The highest BCUT2D eigenvalue weighted by Gasteiger charge is 2.34. The van der Waals surface area contributed by atoms with Gasteiger partial charge in [-0.2, -0.15) is 4.98 Å². The number of aromatic nitrogens is 2. The van der Waals surface area contributed by atoms with Gasteiger partial charge in [0.2, 0.25) is 16.0 Å². The molecule has 0 saturated heterocycles. The molecule has 0 bridgehead atoms. The van der Waals surface area contributed by atoms with Crippen molar-refractivity contribution in [3.8, 4) is 5.75 Å². The lowest BCUT2D eigenvalue weighted by atomic mass is 9.82. The summed E-state index contributed by atoms with van der Waals surface area (Å²) in [5.74, 6) is 0.143. The molecule has 1 aliphatic carbocycles. The number of alkyl halides is 3. The first-order chi connectivity index (χ1) is 20.4. The average molecular weight is 683 g/mol. The number of nitrogens with one attached hydrogen (secondary N) is 3. The van der Waals surface area contributed by atoms with E-state index in [1.165, 1.54) is 18.2 Å². The minimum atomic E-state index is -5.03. The van der Waals surface area contributed by atoms with E-state index >= 15 is 0 Å². The van der Waals surface area contributed by atoms with E-state index in [1.807, 2.05) is 24.3 Å². The molecule has 228 valence electrons. The van der Waals surface area contributed by atoms with E-state index in [0.29, 0.717) is 29.9 Å². The number of rotatable bonds is 10. The molecule has 3 aromatic carbocycles. The van der Waals surface area contributed by atoms with Crippen molar-refractivity contribution in [1.29, 1.82) is 0 Å². The summed E-state index contributed by atoms with van der Waals surface area (Å²) in [6.07, 6.45) is -1.91. The number of hydrogen-bond acceptors (Lipinski definition) is 7. The van der Waals surface area contributed by atoms with Gasteiger partial charge in [0.25, 0.3) is 0 Å². The molecule has 43 heavy (non-hydrogen) atoms. The Morgan fingerprint density at radius 2 is 1.63 bits per heavy atom. The molecule has 0 atom stereocenters. The van der Waals surface area contributed by atoms with Crippen LogP contribution in [-0.2, 0) is 10.0 Å². The van der Waals surface area contributed by atoms with E-state index in [9.17, 15) is 26.0 Å². The Balaban J connectivity index is 1.17. The molecular formula is C29H28BrF4N5O3S.